The molecule has 20 heavy (non-hydrogen) atoms. The quantitative estimate of drug-likeness (QED) is 0.526. The van der Waals surface area contributed by atoms with E-state index >= 15 is 0 Å². The van der Waals surface area contributed by atoms with Crippen LogP contribution in [0.4, 0.5) is 17.6 Å². The zero-order chi connectivity index (χ0) is 15.6. The van der Waals surface area contributed by atoms with Gasteiger partial charge in [0.25, 0.3) is 0 Å². The lowest BCUT2D eigenvalue weighted by Crippen LogP contribution is -2.28. The molecule has 0 aliphatic heterocycles. The summed E-state index contributed by atoms with van der Waals surface area (Å²) in [7, 11) is 0. The summed E-state index contributed by atoms with van der Waals surface area (Å²) in [5.74, 6) is -1.14. The van der Waals surface area contributed by atoms with E-state index < -0.39 is 17.6 Å². The Kier molecular flexibility index (Phi) is 5.46. The van der Waals surface area contributed by atoms with Crippen LogP contribution in [0, 0.1) is 17.2 Å². The van der Waals surface area contributed by atoms with Gasteiger partial charge in [-0.25, -0.2) is 4.39 Å². The van der Waals surface area contributed by atoms with Crippen molar-refractivity contribution in [3.63, 3.8) is 0 Å². The Balaban J connectivity index is 2.84. The molecule has 0 aliphatic rings. The summed E-state index contributed by atoms with van der Waals surface area (Å²) in [6, 6.07) is 2.68. The zero-order valence-corrected chi connectivity index (χ0v) is 13.1. The topological polar surface area (TPSA) is 9.23 Å². The maximum atomic E-state index is 13.1. The Labute approximate surface area is 124 Å². The molecule has 1 aromatic rings. The summed E-state index contributed by atoms with van der Waals surface area (Å²) in [5, 5.41) is 0.670. The first kappa shape index (κ1) is 17.3. The van der Waals surface area contributed by atoms with Crippen LogP contribution in [0.15, 0.2) is 18.2 Å². The van der Waals surface area contributed by atoms with Crippen LogP contribution in [0.2, 0.25) is 0 Å². The average Bonchev–Trinajstić information content (AvgIpc) is 2.28. The monoisotopic (exact) mass is 356 g/mol. The van der Waals surface area contributed by atoms with Gasteiger partial charge in [-0.05, 0) is 23.6 Å². The molecule has 0 amide bonds. The van der Waals surface area contributed by atoms with E-state index in [0.717, 1.165) is 6.07 Å². The maximum absolute atomic E-state index is 13.1. The highest BCUT2D eigenvalue weighted by atomic mass is 79.9. The van der Waals surface area contributed by atoms with Crippen LogP contribution in [0.3, 0.4) is 0 Å². The van der Waals surface area contributed by atoms with E-state index in [9.17, 15) is 17.6 Å². The molecule has 0 radical (unpaired) electrons. The summed E-state index contributed by atoms with van der Waals surface area (Å²) in [5.41, 5.74) is -1.35. The molecule has 1 unspecified atom stereocenters. The third kappa shape index (κ3) is 4.65. The Hall–Kier alpha value is -0.780. The van der Waals surface area contributed by atoms with E-state index in [0.29, 0.717) is 11.4 Å². The second-order valence-electron chi connectivity index (χ2n) is 5.67. The molecule has 0 saturated carbocycles. The molecule has 0 saturated heterocycles. The lowest BCUT2D eigenvalue weighted by Gasteiger charge is -2.29. The predicted molar refractivity (Wildman–Crippen MR) is 73.6 cm³/mol. The zero-order valence-electron chi connectivity index (χ0n) is 11.5. The molecule has 0 aliphatic carbocycles. The van der Waals surface area contributed by atoms with Crippen LogP contribution in [-0.4, -0.2) is 11.9 Å². The lowest BCUT2D eigenvalue weighted by atomic mass is 9.83. The SMILES string of the molecule is CC(C)(C)C(CBr)COc1ccc(F)c(C(F)(F)F)c1. The van der Waals surface area contributed by atoms with Gasteiger partial charge >= 0.3 is 6.18 Å². The number of rotatable bonds is 4. The van der Waals surface area contributed by atoms with Crippen LogP contribution >= 0.6 is 15.9 Å². The Morgan fingerprint density at radius 1 is 1.20 bits per heavy atom. The minimum absolute atomic E-state index is 0.0222. The molecule has 1 aromatic carbocycles. The first-order valence-corrected chi connectivity index (χ1v) is 7.23. The van der Waals surface area contributed by atoms with Crippen LogP contribution in [0.1, 0.15) is 26.3 Å². The third-order valence-corrected chi connectivity index (χ3v) is 3.89. The van der Waals surface area contributed by atoms with Crippen molar-refractivity contribution in [1.29, 1.82) is 0 Å². The van der Waals surface area contributed by atoms with Gasteiger partial charge in [-0.15, -0.1) is 0 Å². The van der Waals surface area contributed by atoms with E-state index in [2.05, 4.69) is 15.9 Å². The van der Waals surface area contributed by atoms with Crippen molar-refractivity contribution in [2.75, 3.05) is 11.9 Å². The normalized spacial score (nSPS) is 14.2. The maximum Gasteiger partial charge on any atom is 0.419 e. The van der Waals surface area contributed by atoms with Crippen LogP contribution in [0.5, 0.6) is 5.75 Å². The van der Waals surface area contributed by atoms with Crippen molar-refractivity contribution in [1.82, 2.24) is 0 Å². The van der Waals surface area contributed by atoms with Gasteiger partial charge in [0, 0.05) is 11.2 Å². The number of alkyl halides is 4. The van der Waals surface area contributed by atoms with E-state index in [1.54, 1.807) is 0 Å². The summed E-state index contributed by atoms with van der Waals surface area (Å²) in [6.45, 7) is 6.33. The molecule has 0 aromatic heterocycles. The van der Waals surface area contributed by atoms with Crippen molar-refractivity contribution < 1.29 is 22.3 Å². The highest BCUT2D eigenvalue weighted by Crippen LogP contribution is 2.34. The molecular weight excluding hydrogens is 340 g/mol. The fraction of sp³-hybridized carbons (Fsp3) is 0.571. The van der Waals surface area contributed by atoms with Crippen molar-refractivity contribution in [3.8, 4) is 5.75 Å². The number of halogens is 5. The van der Waals surface area contributed by atoms with Crippen molar-refractivity contribution >= 4 is 15.9 Å². The first-order valence-electron chi connectivity index (χ1n) is 6.11. The van der Waals surface area contributed by atoms with Crippen LogP contribution in [-0.2, 0) is 6.18 Å². The van der Waals surface area contributed by atoms with Gasteiger partial charge in [0.05, 0.1) is 12.2 Å². The second kappa shape index (κ2) is 6.33. The molecule has 1 nitrogen and oxygen atoms in total. The Morgan fingerprint density at radius 3 is 2.25 bits per heavy atom. The molecule has 0 N–H and O–H groups in total. The number of hydrogen-bond donors (Lipinski definition) is 0. The molecular formula is C14H17BrF4O. The Morgan fingerprint density at radius 2 is 1.80 bits per heavy atom. The van der Waals surface area contributed by atoms with Gasteiger partial charge in [-0.3, -0.25) is 0 Å². The third-order valence-electron chi connectivity index (χ3n) is 3.11. The molecule has 1 atom stereocenters. The van der Waals surface area contributed by atoms with Gasteiger partial charge in [0.15, 0.2) is 0 Å². The largest absolute Gasteiger partial charge is 0.493 e. The van der Waals surface area contributed by atoms with E-state index in [-0.39, 0.29) is 23.7 Å². The summed E-state index contributed by atoms with van der Waals surface area (Å²) in [6.07, 6.45) is -4.72. The van der Waals surface area contributed by atoms with Gasteiger partial charge in [-0.1, -0.05) is 36.7 Å². The Bertz CT molecular complexity index is 451. The minimum atomic E-state index is -4.72. The summed E-state index contributed by atoms with van der Waals surface area (Å²) in [4.78, 5) is 0. The van der Waals surface area contributed by atoms with E-state index in [1.807, 2.05) is 20.8 Å². The molecule has 0 heterocycles. The standard InChI is InChI=1S/C14H17BrF4O/c1-13(2,3)9(7-15)8-20-10-4-5-12(16)11(6-10)14(17,18)19/h4-6,9H,7-8H2,1-3H3. The molecule has 0 bridgehead atoms. The van der Waals surface area contributed by atoms with Crippen LogP contribution < -0.4 is 4.74 Å². The van der Waals surface area contributed by atoms with Crippen molar-refractivity contribution in [2.45, 2.75) is 26.9 Å². The minimum Gasteiger partial charge on any atom is -0.493 e. The smallest absolute Gasteiger partial charge is 0.419 e. The number of hydrogen-bond acceptors (Lipinski definition) is 1. The molecule has 6 heteroatoms. The number of benzene rings is 1. The fourth-order valence-corrected chi connectivity index (χ4v) is 2.69. The summed E-state index contributed by atoms with van der Waals surface area (Å²) < 4.78 is 56.3. The van der Waals surface area contributed by atoms with Gasteiger partial charge in [0.1, 0.15) is 11.6 Å². The van der Waals surface area contributed by atoms with Crippen molar-refractivity contribution in [2.24, 2.45) is 11.3 Å². The number of ether oxygens (including phenoxy) is 1. The highest BCUT2D eigenvalue weighted by Gasteiger charge is 2.34. The van der Waals surface area contributed by atoms with Gasteiger partial charge < -0.3 is 4.74 Å². The molecule has 0 spiro atoms. The lowest BCUT2D eigenvalue weighted by molar-refractivity contribution is -0.140. The highest BCUT2D eigenvalue weighted by molar-refractivity contribution is 9.09. The molecule has 0 fully saturated rings. The van der Waals surface area contributed by atoms with Crippen molar-refractivity contribution in [3.05, 3.63) is 29.6 Å². The first-order chi connectivity index (χ1) is 9.05. The molecule has 114 valence electrons. The van der Waals surface area contributed by atoms with Crippen LogP contribution in [0.25, 0.3) is 0 Å². The fourth-order valence-electron chi connectivity index (χ4n) is 1.53. The van der Waals surface area contributed by atoms with Gasteiger partial charge in [-0.2, -0.15) is 13.2 Å². The second-order valence-corrected chi connectivity index (χ2v) is 6.32. The summed E-state index contributed by atoms with van der Waals surface area (Å²) >= 11 is 3.36. The van der Waals surface area contributed by atoms with E-state index in [4.69, 9.17) is 4.74 Å². The molecule has 1 rings (SSSR count). The van der Waals surface area contributed by atoms with Gasteiger partial charge in [0.2, 0.25) is 0 Å². The average molecular weight is 357 g/mol. The van der Waals surface area contributed by atoms with E-state index in [1.165, 1.54) is 6.07 Å². The predicted octanol–water partition coefficient (Wildman–Crippen LogP) is 5.28.